The standard InChI is InChI=1S/C18H13N3O3S/c22-16(11-21-18(23)13-8-4-5-9-15(13)25-21)19-17-10-14(20-24-17)12-6-2-1-3-7-12/h1-10H,11H2,(H,19,22). The lowest BCUT2D eigenvalue weighted by molar-refractivity contribution is -0.116. The van der Waals surface area contributed by atoms with Crippen molar-refractivity contribution in [3.05, 3.63) is 71.0 Å². The minimum atomic E-state index is -0.343. The van der Waals surface area contributed by atoms with Crippen molar-refractivity contribution in [2.45, 2.75) is 6.54 Å². The summed E-state index contributed by atoms with van der Waals surface area (Å²) in [4.78, 5) is 24.5. The van der Waals surface area contributed by atoms with E-state index in [9.17, 15) is 9.59 Å². The third kappa shape index (κ3) is 3.09. The molecule has 1 amide bonds. The fraction of sp³-hybridized carbons (Fsp3) is 0.0556. The lowest BCUT2D eigenvalue weighted by Gasteiger charge is -2.00. The van der Waals surface area contributed by atoms with Crippen LogP contribution in [-0.4, -0.2) is 15.0 Å². The Morgan fingerprint density at radius 3 is 2.68 bits per heavy atom. The van der Waals surface area contributed by atoms with Crippen molar-refractivity contribution in [2.24, 2.45) is 0 Å². The molecule has 0 atom stereocenters. The summed E-state index contributed by atoms with van der Waals surface area (Å²) in [7, 11) is 0. The molecule has 2 aromatic heterocycles. The number of carbonyl (C=O) groups is 1. The maximum absolute atomic E-state index is 12.3. The highest BCUT2D eigenvalue weighted by Crippen LogP contribution is 2.21. The molecular weight excluding hydrogens is 338 g/mol. The molecule has 0 bridgehead atoms. The number of nitrogens with zero attached hydrogens (tertiary/aromatic N) is 2. The van der Waals surface area contributed by atoms with Crippen LogP contribution in [0.25, 0.3) is 21.3 Å². The first-order chi connectivity index (χ1) is 12.2. The van der Waals surface area contributed by atoms with Gasteiger partial charge in [0.1, 0.15) is 12.2 Å². The van der Waals surface area contributed by atoms with Crippen LogP contribution < -0.4 is 10.9 Å². The van der Waals surface area contributed by atoms with Gasteiger partial charge in [-0.05, 0) is 12.1 Å². The van der Waals surface area contributed by atoms with Gasteiger partial charge in [-0.15, -0.1) is 0 Å². The number of amides is 1. The van der Waals surface area contributed by atoms with E-state index in [1.807, 2.05) is 42.5 Å². The van der Waals surface area contributed by atoms with Crippen LogP contribution in [0.3, 0.4) is 0 Å². The summed E-state index contributed by atoms with van der Waals surface area (Å²) in [5.74, 6) is -0.0950. The van der Waals surface area contributed by atoms with Gasteiger partial charge in [-0.1, -0.05) is 59.2 Å². The first-order valence-electron chi connectivity index (χ1n) is 7.61. The van der Waals surface area contributed by atoms with Crippen LogP contribution in [0.1, 0.15) is 0 Å². The molecule has 0 aliphatic heterocycles. The van der Waals surface area contributed by atoms with E-state index in [1.165, 1.54) is 15.5 Å². The number of hydrogen-bond acceptors (Lipinski definition) is 5. The van der Waals surface area contributed by atoms with Gasteiger partial charge in [-0.25, -0.2) is 0 Å². The highest BCUT2D eigenvalue weighted by molar-refractivity contribution is 7.13. The molecule has 0 aliphatic rings. The van der Waals surface area contributed by atoms with Gasteiger partial charge in [0.25, 0.3) is 5.56 Å². The molecule has 0 fully saturated rings. The van der Waals surface area contributed by atoms with Gasteiger partial charge in [0, 0.05) is 11.6 Å². The van der Waals surface area contributed by atoms with Crippen molar-refractivity contribution in [1.82, 2.24) is 9.11 Å². The summed E-state index contributed by atoms with van der Waals surface area (Å²) in [6.07, 6.45) is 0. The number of anilines is 1. The van der Waals surface area contributed by atoms with E-state index >= 15 is 0 Å². The molecule has 25 heavy (non-hydrogen) atoms. The average Bonchev–Trinajstić information content (AvgIpc) is 3.21. The Bertz CT molecular complexity index is 1100. The predicted octanol–water partition coefficient (Wildman–Crippen LogP) is 3.36. The fourth-order valence-electron chi connectivity index (χ4n) is 2.51. The molecule has 7 heteroatoms. The summed E-state index contributed by atoms with van der Waals surface area (Å²) < 4.78 is 7.43. The third-order valence-electron chi connectivity index (χ3n) is 3.68. The van der Waals surface area contributed by atoms with Crippen LogP contribution in [0.15, 0.2) is 70.0 Å². The molecule has 0 saturated heterocycles. The molecule has 6 nitrogen and oxygen atoms in total. The molecule has 2 aromatic carbocycles. The zero-order valence-corrected chi connectivity index (χ0v) is 13.8. The monoisotopic (exact) mass is 351 g/mol. The molecule has 2 heterocycles. The number of carbonyl (C=O) groups excluding carboxylic acids is 1. The van der Waals surface area contributed by atoms with E-state index in [0.29, 0.717) is 11.1 Å². The molecule has 0 aliphatic carbocycles. The quantitative estimate of drug-likeness (QED) is 0.612. The Hall–Kier alpha value is -3.19. The first kappa shape index (κ1) is 15.3. The molecule has 0 unspecified atom stereocenters. The molecule has 4 aromatic rings. The van der Waals surface area contributed by atoms with Crippen LogP contribution in [-0.2, 0) is 11.3 Å². The van der Waals surface area contributed by atoms with E-state index in [2.05, 4.69) is 10.5 Å². The van der Waals surface area contributed by atoms with E-state index in [0.717, 1.165) is 10.3 Å². The second kappa shape index (κ2) is 6.37. The Morgan fingerprint density at radius 1 is 1.12 bits per heavy atom. The number of rotatable bonds is 4. The number of benzene rings is 2. The zero-order valence-electron chi connectivity index (χ0n) is 13.0. The Kier molecular flexibility index (Phi) is 3.91. The normalized spacial score (nSPS) is 10.9. The largest absolute Gasteiger partial charge is 0.338 e. The molecule has 1 N–H and O–H groups in total. The average molecular weight is 351 g/mol. The Balaban J connectivity index is 1.50. The minimum absolute atomic E-state index is 0.0699. The van der Waals surface area contributed by atoms with E-state index in [-0.39, 0.29) is 23.9 Å². The van der Waals surface area contributed by atoms with E-state index < -0.39 is 0 Å². The van der Waals surface area contributed by atoms with Gasteiger partial charge in [0.05, 0.1) is 10.1 Å². The second-order valence-electron chi connectivity index (χ2n) is 5.42. The van der Waals surface area contributed by atoms with Crippen LogP contribution in [0.2, 0.25) is 0 Å². The maximum atomic E-state index is 12.3. The third-order valence-corrected chi connectivity index (χ3v) is 4.75. The lowest BCUT2D eigenvalue weighted by atomic mass is 10.2. The highest BCUT2D eigenvalue weighted by Gasteiger charge is 2.13. The van der Waals surface area contributed by atoms with Crippen molar-refractivity contribution < 1.29 is 9.32 Å². The van der Waals surface area contributed by atoms with E-state index in [4.69, 9.17) is 4.52 Å². The van der Waals surface area contributed by atoms with Crippen molar-refractivity contribution in [2.75, 3.05) is 5.32 Å². The minimum Gasteiger partial charge on any atom is -0.338 e. The summed E-state index contributed by atoms with van der Waals surface area (Å²) in [5, 5.41) is 7.19. The summed E-state index contributed by atoms with van der Waals surface area (Å²) in [6, 6.07) is 18.5. The number of hydrogen-bond donors (Lipinski definition) is 1. The van der Waals surface area contributed by atoms with Gasteiger partial charge >= 0.3 is 0 Å². The summed E-state index contributed by atoms with van der Waals surface area (Å²) in [6.45, 7) is -0.0699. The molecule has 0 radical (unpaired) electrons. The topological polar surface area (TPSA) is 77.1 Å². The van der Waals surface area contributed by atoms with Crippen LogP contribution in [0.4, 0.5) is 5.88 Å². The van der Waals surface area contributed by atoms with Crippen LogP contribution in [0, 0.1) is 0 Å². The maximum Gasteiger partial charge on any atom is 0.268 e. The molecule has 4 rings (SSSR count). The van der Waals surface area contributed by atoms with E-state index in [1.54, 1.807) is 18.2 Å². The Labute approximate surface area is 146 Å². The smallest absolute Gasteiger partial charge is 0.268 e. The van der Waals surface area contributed by atoms with Gasteiger partial charge in [0.2, 0.25) is 11.8 Å². The van der Waals surface area contributed by atoms with Crippen LogP contribution >= 0.6 is 11.5 Å². The van der Waals surface area contributed by atoms with Crippen molar-refractivity contribution in [3.63, 3.8) is 0 Å². The van der Waals surface area contributed by atoms with Crippen molar-refractivity contribution in [1.29, 1.82) is 0 Å². The van der Waals surface area contributed by atoms with Gasteiger partial charge in [0.15, 0.2) is 0 Å². The molecule has 0 saturated carbocycles. The number of aromatic nitrogens is 2. The molecule has 0 spiro atoms. The van der Waals surface area contributed by atoms with Gasteiger partial charge < -0.3 is 4.52 Å². The lowest BCUT2D eigenvalue weighted by Crippen LogP contribution is -2.23. The second-order valence-corrected chi connectivity index (χ2v) is 6.48. The summed E-state index contributed by atoms with van der Waals surface area (Å²) >= 11 is 1.26. The van der Waals surface area contributed by atoms with Gasteiger partial charge in [-0.2, -0.15) is 0 Å². The predicted molar refractivity (Wildman–Crippen MR) is 96.7 cm³/mol. The molecular formula is C18H13N3O3S. The van der Waals surface area contributed by atoms with Crippen LogP contribution in [0.5, 0.6) is 0 Å². The SMILES string of the molecule is O=C(Cn1sc2ccccc2c1=O)Nc1cc(-c2ccccc2)no1. The fourth-order valence-corrected chi connectivity index (χ4v) is 3.50. The van der Waals surface area contributed by atoms with Crippen molar-refractivity contribution >= 4 is 33.4 Å². The summed E-state index contributed by atoms with van der Waals surface area (Å²) in [5.41, 5.74) is 1.36. The first-order valence-corrected chi connectivity index (χ1v) is 8.39. The van der Waals surface area contributed by atoms with Gasteiger partial charge in [-0.3, -0.25) is 18.9 Å². The zero-order chi connectivity index (χ0) is 17.2. The highest BCUT2D eigenvalue weighted by atomic mass is 32.1. The number of fused-ring (bicyclic) bond motifs is 1. The Morgan fingerprint density at radius 2 is 1.88 bits per heavy atom. The number of nitrogens with one attached hydrogen (secondary N) is 1. The molecule has 124 valence electrons. The van der Waals surface area contributed by atoms with Crippen molar-refractivity contribution in [3.8, 4) is 11.3 Å².